The van der Waals surface area contributed by atoms with Gasteiger partial charge in [-0.25, -0.2) is 0 Å². The number of hydrogen-bond donors (Lipinski definition) is 1. The highest BCUT2D eigenvalue weighted by Gasteiger charge is 2.11. The first kappa shape index (κ1) is 16.5. The van der Waals surface area contributed by atoms with E-state index < -0.39 is 0 Å². The lowest BCUT2D eigenvalue weighted by atomic mass is 10.2. The molecule has 2 aromatic rings. The summed E-state index contributed by atoms with van der Waals surface area (Å²) in [6.07, 6.45) is 1.66. The van der Waals surface area contributed by atoms with Crippen molar-refractivity contribution in [3.05, 3.63) is 64.7 Å². The van der Waals surface area contributed by atoms with Crippen LogP contribution in [0.5, 0.6) is 11.5 Å². The highest BCUT2D eigenvalue weighted by molar-refractivity contribution is 6.32. The summed E-state index contributed by atoms with van der Waals surface area (Å²) in [5, 5.41) is 4.52. The maximum Gasteiger partial charge on any atom is 0.180 e. The van der Waals surface area contributed by atoms with Crippen molar-refractivity contribution >= 4 is 28.9 Å². The number of ether oxygens (including phenoxy) is 2. The molecule has 0 amide bonds. The molecule has 0 saturated carbocycles. The minimum Gasteiger partial charge on any atom is -0.493 e. The maximum absolute atomic E-state index is 6.27. The quantitative estimate of drug-likeness (QED) is 0.706. The Morgan fingerprint density at radius 2 is 1.91 bits per heavy atom. The molecule has 0 heterocycles. The van der Waals surface area contributed by atoms with Gasteiger partial charge in [0.25, 0.3) is 0 Å². The molecule has 5 heteroatoms. The van der Waals surface area contributed by atoms with E-state index in [9.17, 15) is 0 Å². The molecule has 0 radical (unpaired) electrons. The molecule has 0 aromatic heterocycles. The summed E-state index contributed by atoms with van der Waals surface area (Å²) < 4.78 is 10.9. The van der Waals surface area contributed by atoms with Crippen LogP contribution in [0.3, 0.4) is 0 Å². The van der Waals surface area contributed by atoms with Crippen LogP contribution in [0, 0.1) is 0 Å². The Balaban J connectivity index is 2.12. The van der Waals surface area contributed by atoms with Crippen LogP contribution in [0.2, 0.25) is 10.0 Å². The van der Waals surface area contributed by atoms with Crippen molar-refractivity contribution in [3.8, 4) is 11.5 Å². The second-order valence-corrected chi connectivity index (χ2v) is 5.41. The van der Waals surface area contributed by atoms with E-state index in [1.807, 2.05) is 36.4 Å². The van der Waals surface area contributed by atoms with Crippen LogP contribution >= 0.6 is 23.2 Å². The molecule has 0 unspecified atom stereocenters. The van der Waals surface area contributed by atoms with Gasteiger partial charge in [-0.2, -0.15) is 0 Å². The van der Waals surface area contributed by atoms with E-state index in [1.165, 1.54) is 0 Å². The summed E-state index contributed by atoms with van der Waals surface area (Å²) in [4.78, 5) is 0. The van der Waals surface area contributed by atoms with Crippen molar-refractivity contribution in [1.82, 2.24) is 0 Å². The Hall–Kier alpha value is -1.84. The molecular formula is C17H17Cl2NO2. The lowest BCUT2D eigenvalue weighted by Crippen LogP contribution is -2.02. The third-order valence-electron chi connectivity index (χ3n) is 2.98. The van der Waals surface area contributed by atoms with Gasteiger partial charge in [0, 0.05) is 17.3 Å². The third-order valence-corrected chi connectivity index (χ3v) is 3.51. The topological polar surface area (TPSA) is 30.5 Å². The second-order valence-electron chi connectivity index (χ2n) is 4.57. The number of anilines is 1. The molecule has 0 aliphatic heterocycles. The molecule has 0 fully saturated rings. The predicted molar refractivity (Wildman–Crippen MR) is 92.5 cm³/mol. The number of benzene rings is 2. The molecule has 2 rings (SSSR count). The van der Waals surface area contributed by atoms with Crippen LogP contribution in [0.1, 0.15) is 5.56 Å². The van der Waals surface area contributed by atoms with Crippen LogP contribution in [-0.2, 0) is 6.54 Å². The normalized spacial score (nSPS) is 10.1. The molecule has 0 atom stereocenters. The Kier molecular flexibility index (Phi) is 5.99. The summed E-state index contributed by atoms with van der Waals surface area (Å²) >= 11 is 12.1. The zero-order chi connectivity index (χ0) is 15.9. The first-order chi connectivity index (χ1) is 10.6. The van der Waals surface area contributed by atoms with Gasteiger partial charge in [0.05, 0.1) is 12.1 Å². The molecule has 22 heavy (non-hydrogen) atoms. The van der Waals surface area contributed by atoms with Crippen LogP contribution in [0.15, 0.2) is 49.1 Å². The van der Waals surface area contributed by atoms with Gasteiger partial charge in [0.15, 0.2) is 11.5 Å². The molecule has 0 spiro atoms. The van der Waals surface area contributed by atoms with E-state index in [0.717, 1.165) is 11.3 Å². The zero-order valence-electron chi connectivity index (χ0n) is 12.2. The predicted octanol–water partition coefficient (Wildman–Crippen LogP) is 5.18. The SMILES string of the molecule is C=CCOc1c(Cl)cc(CNc2ccc(Cl)cc2)cc1OC. The van der Waals surface area contributed by atoms with Crippen LogP contribution < -0.4 is 14.8 Å². The van der Waals surface area contributed by atoms with E-state index in [4.69, 9.17) is 32.7 Å². The van der Waals surface area contributed by atoms with Crippen molar-refractivity contribution in [2.45, 2.75) is 6.54 Å². The Morgan fingerprint density at radius 1 is 1.18 bits per heavy atom. The lowest BCUT2D eigenvalue weighted by Gasteiger charge is -2.14. The van der Waals surface area contributed by atoms with E-state index >= 15 is 0 Å². The third kappa shape index (κ3) is 4.33. The Bertz CT molecular complexity index is 642. The van der Waals surface area contributed by atoms with Crippen LogP contribution in [0.4, 0.5) is 5.69 Å². The Morgan fingerprint density at radius 3 is 2.55 bits per heavy atom. The summed E-state index contributed by atoms with van der Waals surface area (Å²) in [6.45, 7) is 4.60. The summed E-state index contributed by atoms with van der Waals surface area (Å²) in [6, 6.07) is 11.3. The minimum absolute atomic E-state index is 0.373. The largest absolute Gasteiger partial charge is 0.493 e. The van der Waals surface area contributed by atoms with E-state index in [1.54, 1.807) is 13.2 Å². The van der Waals surface area contributed by atoms with Gasteiger partial charge >= 0.3 is 0 Å². The number of methoxy groups -OCH3 is 1. The monoisotopic (exact) mass is 337 g/mol. The average Bonchev–Trinajstić information content (AvgIpc) is 2.53. The van der Waals surface area contributed by atoms with Gasteiger partial charge in [-0.1, -0.05) is 35.9 Å². The fourth-order valence-electron chi connectivity index (χ4n) is 1.93. The molecule has 0 aliphatic carbocycles. The second kappa shape index (κ2) is 7.97. The fourth-order valence-corrected chi connectivity index (χ4v) is 2.34. The molecular weight excluding hydrogens is 321 g/mol. The zero-order valence-corrected chi connectivity index (χ0v) is 13.7. The summed E-state index contributed by atoms with van der Waals surface area (Å²) in [7, 11) is 1.59. The Labute approximate surface area is 140 Å². The summed E-state index contributed by atoms with van der Waals surface area (Å²) in [5.41, 5.74) is 1.97. The van der Waals surface area contributed by atoms with Crippen molar-refractivity contribution in [3.63, 3.8) is 0 Å². The van der Waals surface area contributed by atoms with Gasteiger partial charge in [0.1, 0.15) is 6.61 Å². The average molecular weight is 338 g/mol. The van der Waals surface area contributed by atoms with Gasteiger partial charge in [-0.3, -0.25) is 0 Å². The number of halogens is 2. The van der Waals surface area contributed by atoms with Crippen LogP contribution in [-0.4, -0.2) is 13.7 Å². The summed E-state index contributed by atoms with van der Waals surface area (Å²) in [5.74, 6) is 1.13. The fraction of sp³-hybridized carbons (Fsp3) is 0.176. The highest BCUT2D eigenvalue weighted by atomic mass is 35.5. The minimum atomic E-state index is 0.373. The van der Waals surface area contributed by atoms with E-state index in [0.29, 0.717) is 34.7 Å². The molecule has 0 bridgehead atoms. The van der Waals surface area contributed by atoms with Crippen molar-refractivity contribution in [1.29, 1.82) is 0 Å². The van der Waals surface area contributed by atoms with Gasteiger partial charge < -0.3 is 14.8 Å². The standard InChI is InChI=1S/C17H17Cl2NO2/c1-3-8-22-17-15(19)9-12(10-16(17)21-2)11-20-14-6-4-13(18)5-7-14/h3-7,9-10,20H,1,8,11H2,2H3. The van der Waals surface area contributed by atoms with Crippen molar-refractivity contribution in [2.24, 2.45) is 0 Å². The lowest BCUT2D eigenvalue weighted by molar-refractivity contribution is 0.326. The smallest absolute Gasteiger partial charge is 0.180 e. The molecule has 1 N–H and O–H groups in total. The first-order valence-electron chi connectivity index (χ1n) is 6.73. The molecule has 116 valence electrons. The number of rotatable bonds is 7. The molecule has 0 saturated heterocycles. The van der Waals surface area contributed by atoms with E-state index in [-0.39, 0.29) is 0 Å². The molecule has 2 aromatic carbocycles. The van der Waals surface area contributed by atoms with Crippen molar-refractivity contribution in [2.75, 3.05) is 19.0 Å². The first-order valence-corrected chi connectivity index (χ1v) is 7.49. The van der Waals surface area contributed by atoms with Gasteiger partial charge in [0.2, 0.25) is 0 Å². The number of hydrogen-bond acceptors (Lipinski definition) is 3. The maximum atomic E-state index is 6.27. The highest BCUT2D eigenvalue weighted by Crippen LogP contribution is 2.36. The number of nitrogens with one attached hydrogen (secondary N) is 1. The molecule has 0 aliphatic rings. The molecule has 3 nitrogen and oxygen atoms in total. The van der Waals surface area contributed by atoms with Crippen molar-refractivity contribution < 1.29 is 9.47 Å². The van der Waals surface area contributed by atoms with Gasteiger partial charge in [-0.15, -0.1) is 0 Å². The van der Waals surface area contributed by atoms with Gasteiger partial charge in [-0.05, 0) is 42.0 Å². The van der Waals surface area contributed by atoms with E-state index in [2.05, 4.69) is 11.9 Å². The van der Waals surface area contributed by atoms with Crippen LogP contribution in [0.25, 0.3) is 0 Å².